The van der Waals surface area contributed by atoms with E-state index in [4.69, 9.17) is 11.6 Å². The highest BCUT2D eigenvalue weighted by Crippen LogP contribution is 2.26. The Hall–Kier alpha value is -0.490. The van der Waals surface area contributed by atoms with Gasteiger partial charge in [-0.15, -0.1) is 0 Å². The van der Waals surface area contributed by atoms with E-state index in [1.165, 1.54) is 22.3 Å². The first-order chi connectivity index (χ1) is 5.57. The minimum atomic E-state index is 0.945. The molecule has 1 aromatic carbocycles. The topological polar surface area (TPSA) is 0 Å². The summed E-state index contributed by atoms with van der Waals surface area (Å²) < 4.78 is 0. The first kappa shape index (κ1) is 9.60. The fourth-order valence-corrected chi connectivity index (χ4v) is 1.89. The molecular weight excluding hydrogens is 168 g/mol. The molecule has 0 aliphatic rings. The van der Waals surface area contributed by atoms with Crippen molar-refractivity contribution in [3.8, 4) is 0 Å². The number of rotatable bonds is 1. The highest BCUT2D eigenvalue weighted by molar-refractivity contribution is 6.32. The van der Waals surface area contributed by atoms with Crippen LogP contribution in [-0.4, -0.2) is 0 Å². The molecular formula is C11H15Cl. The zero-order valence-corrected chi connectivity index (χ0v) is 8.92. The molecule has 0 unspecified atom stereocenters. The summed E-state index contributed by atoms with van der Waals surface area (Å²) in [7, 11) is 0. The van der Waals surface area contributed by atoms with Crippen LogP contribution in [0, 0.1) is 20.8 Å². The van der Waals surface area contributed by atoms with Gasteiger partial charge in [0.1, 0.15) is 0 Å². The summed E-state index contributed by atoms with van der Waals surface area (Å²) in [5, 5.41) is 0.945. The molecule has 0 heterocycles. The molecule has 1 rings (SSSR count). The Morgan fingerprint density at radius 3 is 2.25 bits per heavy atom. The van der Waals surface area contributed by atoms with Gasteiger partial charge in [0.15, 0.2) is 0 Å². The van der Waals surface area contributed by atoms with Crippen molar-refractivity contribution in [1.82, 2.24) is 0 Å². The fraction of sp³-hybridized carbons (Fsp3) is 0.455. The van der Waals surface area contributed by atoms with Crippen molar-refractivity contribution < 1.29 is 0 Å². The average molecular weight is 183 g/mol. The van der Waals surface area contributed by atoms with E-state index in [0.29, 0.717) is 0 Å². The molecule has 0 radical (unpaired) electrons. The SMILES string of the molecule is CCc1c(C)c(C)cc(C)c1Cl. The Labute approximate surface area is 79.6 Å². The third kappa shape index (κ3) is 1.49. The molecule has 12 heavy (non-hydrogen) atoms. The van der Waals surface area contributed by atoms with Crippen LogP contribution in [0.2, 0.25) is 5.02 Å². The molecule has 0 nitrogen and oxygen atoms in total. The van der Waals surface area contributed by atoms with E-state index in [0.717, 1.165) is 11.4 Å². The monoisotopic (exact) mass is 182 g/mol. The second kappa shape index (κ2) is 3.49. The number of halogens is 1. The van der Waals surface area contributed by atoms with E-state index >= 15 is 0 Å². The van der Waals surface area contributed by atoms with Gasteiger partial charge in [0.2, 0.25) is 0 Å². The van der Waals surface area contributed by atoms with Crippen molar-refractivity contribution in [2.24, 2.45) is 0 Å². The van der Waals surface area contributed by atoms with Crippen LogP contribution in [0.25, 0.3) is 0 Å². The summed E-state index contributed by atoms with van der Waals surface area (Å²) in [5.74, 6) is 0. The van der Waals surface area contributed by atoms with Crippen molar-refractivity contribution in [1.29, 1.82) is 0 Å². The predicted octanol–water partition coefficient (Wildman–Crippen LogP) is 3.83. The fourth-order valence-electron chi connectivity index (χ4n) is 1.56. The Morgan fingerprint density at radius 1 is 1.17 bits per heavy atom. The molecule has 0 bridgehead atoms. The summed E-state index contributed by atoms with van der Waals surface area (Å²) in [6.07, 6.45) is 1.02. The average Bonchev–Trinajstić information content (AvgIpc) is 2.02. The lowest BCUT2D eigenvalue weighted by Crippen LogP contribution is -1.94. The second-order valence-electron chi connectivity index (χ2n) is 3.28. The van der Waals surface area contributed by atoms with Crippen molar-refractivity contribution in [2.45, 2.75) is 34.1 Å². The van der Waals surface area contributed by atoms with Gasteiger partial charge in [-0.3, -0.25) is 0 Å². The summed E-state index contributed by atoms with van der Waals surface area (Å²) in [6.45, 7) is 8.48. The third-order valence-electron chi connectivity index (χ3n) is 2.44. The normalized spacial score (nSPS) is 10.4. The maximum atomic E-state index is 6.17. The third-order valence-corrected chi connectivity index (χ3v) is 2.97. The predicted molar refractivity (Wildman–Crippen MR) is 55.0 cm³/mol. The van der Waals surface area contributed by atoms with Crippen LogP contribution in [0.5, 0.6) is 0 Å². The Morgan fingerprint density at radius 2 is 1.75 bits per heavy atom. The van der Waals surface area contributed by atoms with Crippen molar-refractivity contribution in [3.63, 3.8) is 0 Å². The van der Waals surface area contributed by atoms with Crippen LogP contribution in [-0.2, 0) is 6.42 Å². The molecule has 0 amide bonds. The van der Waals surface area contributed by atoms with Gasteiger partial charge in [-0.25, -0.2) is 0 Å². The molecule has 0 atom stereocenters. The Bertz CT molecular complexity index is 274. The van der Waals surface area contributed by atoms with Gasteiger partial charge < -0.3 is 0 Å². The lowest BCUT2D eigenvalue weighted by molar-refractivity contribution is 1.08. The Balaban J connectivity index is 3.42. The van der Waals surface area contributed by atoms with Gasteiger partial charge in [0.05, 0.1) is 0 Å². The summed E-state index contributed by atoms with van der Waals surface area (Å²) >= 11 is 6.17. The molecule has 0 saturated heterocycles. The van der Waals surface area contributed by atoms with Crippen molar-refractivity contribution >= 4 is 11.6 Å². The lowest BCUT2D eigenvalue weighted by atomic mass is 9.98. The lowest BCUT2D eigenvalue weighted by Gasteiger charge is -2.11. The van der Waals surface area contributed by atoms with Crippen LogP contribution in [0.4, 0.5) is 0 Å². The van der Waals surface area contributed by atoms with Gasteiger partial charge in [0.25, 0.3) is 0 Å². The highest BCUT2D eigenvalue weighted by Gasteiger charge is 2.07. The quantitative estimate of drug-likeness (QED) is 0.620. The molecule has 0 aliphatic heterocycles. The van der Waals surface area contributed by atoms with Crippen LogP contribution in [0.1, 0.15) is 29.2 Å². The molecule has 0 aliphatic carbocycles. The largest absolute Gasteiger partial charge is 0.0837 e. The van der Waals surface area contributed by atoms with E-state index in [9.17, 15) is 0 Å². The number of aryl methyl sites for hydroxylation is 2. The standard InChI is InChI=1S/C11H15Cl/c1-5-10-9(4)7(2)6-8(3)11(10)12/h6H,5H2,1-4H3. The van der Waals surface area contributed by atoms with E-state index in [1.807, 2.05) is 0 Å². The Kier molecular flexibility index (Phi) is 2.79. The minimum absolute atomic E-state index is 0.945. The van der Waals surface area contributed by atoms with Gasteiger partial charge in [-0.1, -0.05) is 24.6 Å². The van der Waals surface area contributed by atoms with E-state index in [2.05, 4.69) is 33.8 Å². The smallest absolute Gasteiger partial charge is 0.0469 e. The van der Waals surface area contributed by atoms with E-state index in [1.54, 1.807) is 0 Å². The maximum Gasteiger partial charge on any atom is 0.0469 e. The maximum absolute atomic E-state index is 6.17. The minimum Gasteiger partial charge on any atom is -0.0837 e. The first-order valence-electron chi connectivity index (χ1n) is 4.33. The summed E-state index contributed by atoms with van der Waals surface area (Å²) in [4.78, 5) is 0. The molecule has 66 valence electrons. The molecule has 0 saturated carbocycles. The zero-order chi connectivity index (χ0) is 9.30. The second-order valence-corrected chi connectivity index (χ2v) is 3.66. The van der Waals surface area contributed by atoms with Crippen molar-refractivity contribution in [3.05, 3.63) is 33.3 Å². The van der Waals surface area contributed by atoms with Crippen LogP contribution >= 0.6 is 11.6 Å². The zero-order valence-electron chi connectivity index (χ0n) is 8.16. The number of benzene rings is 1. The van der Waals surface area contributed by atoms with Crippen molar-refractivity contribution in [2.75, 3.05) is 0 Å². The highest BCUT2D eigenvalue weighted by atomic mass is 35.5. The summed E-state index contributed by atoms with van der Waals surface area (Å²) in [5.41, 5.74) is 5.17. The summed E-state index contributed by atoms with van der Waals surface area (Å²) in [6, 6.07) is 2.15. The van der Waals surface area contributed by atoms with Gasteiger partial charge >= 0.3 is 0 Å². The van der Waals surface area contributed by atoms with E-state index < -0.39 is 0 Å². The van der Waals surface area contributed by atoms with E-state index in [-0.39, 0.29) is 0 Å². The van der Waals surface area contributed by atoms with Gasteiger partial charge in [0, 0.05) is 5.02 Å². The first-order valence-corrected chi connectivity index (χ1v) is 4.70. The molecule has 1 heteroatoms. The van der Waals surface area contributed by atoms with Gasteiger partial charge in [-0.2, -0.15) is 0 Å². The molecule has 1 aromatic rings. The van der Waals surface area contributed by atoms with Crippen LogP contribution < -0.4 is 0 Å². The molecule has 0 aromatic heterocycles. The van der Waals surface area contributed by atoms with Crippen LogP contribution in [0.3, 0.4) is 0 Å². The molecule has 0 N–H and O–H groups in total. The number of hydrogen-bond acceptors (Lipinski definition) is 0. The molecule has 0 spiro atoms. The number of hydrogen-bond donors (Lipinski definition) is 0. The molecule has 0 fully saturated rings. The van der Waals surface area contributed by atoms with Gasteiger partial charge in [-0.05, 0) is 49.4 Å². The van der Waals surface area contributed by atoms with Crippen LogP contribution in [0.15, 0.2) is 6.07 Å².